The van der Waals surface area contributed by atoms with Crippen molar-refractivity contribution >= 4 is 16.6 Å². The van der Waals surface area contributed by atoms with E-state index in [0.717, 1.165) is 40.5 Å². The van der Waals surface area contributed by atoms with Gasteiger partial charge in [-0.2, -0.15) is 0 Å². The van der Waals surface area contributed by atoms with Crippen LogP contribution in [0.5, 0.6) is 11.5 Å². The van der Waals surface area contributed by atoms with Crippen LogP contribution in [0.3, 0.4) is 0 Å². The van der Waals surface area contributed by atoms with Crippen molar-refractivity contribution in [2.45, 2.75) is 60.3 Å². The number of ether oxygens (including phenoxy) is 1. The monoisotopic (exact) mass is 454 g/mol. The number of benzene rings is 3. The molecule has 0 heterocycles. The summed E-state index contributed by atoms with van der Waals surface area (Å²) in [4.78, 5) is 0. The number of hydrogen-bond acceptors (Lipinski definition) is 1. The molecule has 0 atom stereocenters. The molecule has 0 aliphatic heterocycles. The second-order valence-electron chi connectivity index (χ2n) is 10.0. The minimum Gasteiger partial charge on any atom is -0.456 e. The Labute approximate surface area is 203 Å². The molecule has 1 aliphatic rings. The van der Waals surface area contributed by atoms with Gasteiger partial charge in [0.1, 0.15) is 17.3 Å². The molecule has 0 unspecified atom stereocenters. The van der Waals surface area contributed by atoms with E-state index >= 15 is 4.39 Å². The average Bonchev–Trinajstić information content (AvgIpc) is 2.82. The van der Waals surface area contributed by atoms with Crippen LogP contribution in [0.25, 0.3) is 16.6 Å². The number of allylic oxidation sites excluding steroid dienone is 4. The molecule has 0 N–H and O–H groups in total. The fourth-order valence-electron chi connectivity index (χ4n) is 5.45. The molecule has 0 amide bonds. The summed E-state index contributed by atoms with van der Waals surface area (Å²) < 4.78 is 22.5. The maximum Gasteiger partial charge on any atom is 0.135 e. The largest absolute Gasteiger partial charge is 0.456 e. The van der Waals surface area contributed by atoms with Crippen molar-refractivity contribution in [1.29, 1.82) is 0 Å². The number of fused-ring (bicyclic) bond motifs is 1. The number of rotatable bonds is 6. The van der Waals surface area contributed by atoms with Crippen molar-refractivity contribution in [2.75, 3.05) is 0 Å². The first-order valence-electron chi connectivity index (χ1n) is 12.3. The lowest BCUT2D eigenvalue weighted by Crippen LogP contribution is -2.22. The molecule has 3 aromatic carbocycles. The van der Waals surface area contributed by atoms with Crippen LogP contribution in [0.1, 0.15) is 65.0 Å². The Bertz CT molecular complexity index is 1300. The zero-order valence-electron chi connectivity index (χ0n) is 21.1. The fourth-order valence-corrected chi connectivity index (χ4v) is 5.45. The van der Waals surface area contributed by atoms with E-state index < -0.39 is 0 Å². The molecule has 0 bridgehead atoms. The minimum absolute atomic E-state index is 0.00781. The summed E-state index contributed by atoms with van der Waals surface area (Å²) in [5, 5.41) is 2.16. The van der Waals surface area contributed by atoms with Gasteiger partial charge in [0.15, 0.2) is 0 Å². The normalized spacial score (nSPS) is 16.4. The Morgan fingerprint density at radius 2 is 1.68 bits per heavy atom. The van der Waals surface area contributed by atoms with E-state index in [0.29, 0.717) is 23.3 Å². The lowest BCUT2D eigenvalue weighted by molar-refractivity contribution is 0.373. The molecule has 0 saturated heterocycles. The van der Waals surface area contributed by atoms with Crippen molar-refractivity contribution in [3.05, 3.63) is 101 Å². The quantitative estimate of drug-likeness (QED) is 0.337. The molecule has 0 aromatic heterocycles. The van der Waals surface area contributed by atoms with Crippen molar-refractivity contribution in [2.24, 2.45) is 5.41 Å². The first kappa shape index (κ1) is 24.0. The number of halogens is 1. The first-order valence-corrected chi connectivity index (χ1v) is 12.3. The Hall–Kier alpha value is -3.13. The summed E-state index contributed by atoms with van der Waals surface area (Å²) in [7, 11) is 0. The maximum absolute atomic E-state index is 16.1. The molecule has 3 aromatic rings. The van der Waals surface area contributed by atoms with Gasteiger partial charge in [0.2, 0.25) is 0 Å². The predicted octanol–water partition coefficient (Wildman–Crippen LogP) is 9.98. The van der Waals surface area contributed by atoms with Gasteiger partial charge in [-0.1, -0.05) is 81.5 Å². The average molecular weight is 455 g/mol. The molecule has 0 fully saturated rings. The lowest BCUT2D eigenvalue weighted by Gasteiger charge is -2.36. The third kappa shape index (κ3) is 4.46. The molecule has 176 valence electrons. The molecule has 34 heavy (non-hydrogen) atoms. The van der Waals surface area contributed by atoms with Gasteiger partial charge in [0.05, 0.1) is 0 Å². The van der Waals surface area contributed by atoms with Gasteiger partial charge in [-0.3, -0.25) is 0 Å². The van der Waals surface area contributed by atoms with E-state index in [1.165, 1.54) is 17.6 Å². The third-order valence-corrected chi connectivity index (χ3v) is 7.23. The molecule has 1 aliphatic carbocycles. The van der Waals surface area contributed by atoms with E-state index in [4.69, 9.17) is 4.74 Å². The van der Waals surface area contributed by atoms with Crippen LogP contribution in [0.4, 0.5) is 4.39 Å². The van der Waals surface area contributed by atoms with E-state index in [2.05, 4.69) is 45.5 Å². The zero-order valence-corrected chi connectivity index (χ0v) is 21.1. The Kier molecular flexibility index (Phi) is 6.79. The minimum atomic E-state index is -0.216. The van der Waals surface area contributed by atoms with Crippen LogP contribution in [0.15, 0.2) is 89.5 Å². The summed E-state index contributed by atoms with van der Waals surface area (Å²) >= 11 is 0. The molecule has 0 radical (unpaired) electrons. The predicted molar refractivity (Wildman–Crippen MR) is 143 cm³/mol. The Balaban J connectivity index is 1.76. The summed E-state index contributed by atoms with van der Waals surface area (Å²) in [6.07, 6.45) is 3.99. The second kappa shape index (κ2) is 9.62. The van der Waals surface area contributed by atoms with Gasteiger partial charge in [0.25, 0.3) is 0 Å². The van der Waals surface area contributed by atoms with Crippen LogP contribution in [-0.2, 0) is 6.42 Å². The molecule has 1 nitrogen and oxygen atoms in total. The van der Waals surface area contributed by atoms with Crippen LogP contribution in [0.2, 0.25) is 0 Å². The molecule has 2 heteroatoms. The van der Waals surface area contributed by atoms with Crippen molar-refractivity contribution in [3.63, 3.8) is 0 Å². The van der Waals surface area contributed by atoms with Gasteiger partial charge in [0, 0.05) is 16.5 Å². The zero-order chi connectivity index (χ0) is 24.5. The van der Waals surface area contributed by atoms with Crippen LogP contribution < -0.4 is 4.74 Å². The highest BCUT2D eigenvalue weighted by molar-refractivity contribution is 5.88. The van der Waals surface area contributed by atoms with Gasteiger partial charge >= 0.3 is 0 Å². The van der Waals surface area contributed by atoms with Crippen molar-refractivity contribution in [1.82, 2.24) is 0 Å². The molecular formula is C32H35FO. The topological polar surface area (TPSA) is 9.23 Å². The molecule has 4 rings (SSSR count). The van der Waals surface area contributed by atoms with Gasteiger partial charge in [-0.15, -0.1) is 0 Å². The lowest BCUT2D eigenvalue weighted by atomic mass is 9.69. The van der Waals surface area contributed by atoms with E-state index in [1.807, 2.05) is 56.3 Å². The van der Waals surface area contributed by atoms with Crippen molar-refractivity contribution in [3.8, 4) is 11.5 Å². The van der Waals surface area contributed by atoms with E-state index in [1.54, 1.807) is 0 Å². The summed E-state index contributed by atoms with van der Waals surface area (Å²) in [6, 6.07) is 19.8. The maximum atomic E-state index is 16.1. The third-order valence-electron chi connectivity index (χ3n) is 7.23. The standard InChI is InChI=1S/C32H35FO/c1-7-25-27(31(33)23(4)22(3)30-21(2)13-12-20-32(30,5)6)17-11-19-28(25)34-29-18-10-15-24-14-8-9-16-26(24)29/h8-11,14-19H,3,7,12-13,20H2,1-2,4-6H3. The van der Waals surface area contributed by atoms with E-state index in [9.17, 15) is 0 Å². The highest BCUT2D eigenvalue weighted by Crippen LogP contribution is 2.46. The smallest absolute Gasteiger partial charge is 0.135 e. The summed E-state index contributed by atoms with van der Waals surface area (Å²) in [5.41, 5.74) is 5.45. The van der Waals surface area contributed by atoms with Gasteiger partial charge < -0.3 is 4.74 Å². The van der Waals surface area contributed by atoms with Crippen LogP contribution in [0, 0.1) is 5.41 Å². The SMILES string of the molecule is C=C(C(C)=C(F)c1cccc(Oc2cccc3ccccc23)c1CC)C1=C(C)CCCC1(C)C. The van der Waals surface area contributed by atoms with Gasteiger partial charge in [-0.05, 0) is 79.2 Å². The summed E-state index contributed by atoms with van der Waals surface area (Å²) in [5.74, 6) is 1.26. The van der Waals surface area contributed by atoms with Gasteiger partial charge in [-0.25, -0.2) is 4.39 Å². The highest BCUT2D eigenvalue weighted by atomic mass is 19.1. The Morgan fingerprint density at radius 1 is 1.00 bits per heavy atom. The fraction of sp³-hybridized carbons (Fsp3) is 0.312. The van der Waals surface area contributed by atoms with E-state index in [-0.39, 0.29) is 11.2 Å². The van der Waals surface area contributed by atoms with Crippen LogP contribution in [-0.4, -0.2) is 0 Å². The summed E-state index contributed by atoms with van der Waals surface area (Å²) in [6.45, 7) is 14.9. The molecular weight excluding hydrogens is 419 g/mol. The van der Waals surface area contributed by atoms with Crippen LogP contribution >= 0.6 is 0 Å². The molecule has 0 saturated carbocycles. The van der Waals surface area contributed by atoms with Crippen molar-refractivity contribution < 1.29 is 9.13 Å². The Morgan fingerprint density at radius 3 is 2.41 bits per heavy atom. The first-order chi connectivity index (χ1) is 16.2. The molecule has 0 spiro atoms. The second-order valence-corrected chi connectivity index (χ2v) is 10.0. The number of hydrogen-bond donors (Lipinski definition) is 0. The highest BCUT2D eigenvalue weighted by Gasteiger charge is 2.31.